The normalized spacial score (nSPS) is 14.4. The number of hydrogen-bond acceptors (Lipinski definition) is 6. The summed E-state index contributed by atoms with van der Waals surface area (Å²) >= 11 is 3.66. The monoisotopic (exact) mass is 1290 g/mol. The van der Waals surface area contributed by atoms with Crippen LogP contribution < -0.4 is 20.2 Å². The lowest BCUT2D eigenvalue weighted by atomic mass is 9.92. The van der Waals surface area contributed by atoms with Gasteiger partial charge in [-0.15, -0.1) is 22.7 Å². The van der Waals surface area contributed by atoms with E-state index in [-0.39, 0.29) is 22.6 Å². The topological polar surface area (TPSA) is 66.9 Å². The first-order valence-corrected chi connectivity index (χ1v) is 40.0. The van der Waals surface area contributed by atoms with Crippen LogP contribution in [-0.4, -0.2) is 24.9 Å². The van der Waals surface area contributed by atoms with Gasteiger partial charge in [0, 0.05) is 54.0 Å². The molecule has 508 valence electrons. The minimum atomic E-state index is -0.210. The standard InChI is InChI=1S/C84H126N2O4S2/c1-11-15-19-23-27-31-33-37-41-45-49-63(47-43-39-35-29-25-21-17-13-3)61-85-79-65-52-54-68-78(71-57-58-75(90-71)83(5,6)7)82(88)86(62-64(48-44-40-36-30-26-22-18-14-4)50-46-42-38-34-32-28-24-20-16-12-2)80(68)66(65)51-53-67(79)77(81(85)87)70-56-55-69(89-70)72-59-73-74(91-72)60-76(92-73)84(8,9)10/h51-60,63-64H,11-50,61-62H2,1-10H3. The van der Waals surface area contributed by atoms with Crippen LogP contribution in [0.3, 0.4) is 0 Å². The molecule has 0 saturated carbocycles. The fourth-order valence-electron chi connectivity index (χ4n) is 14.8. The molecule has 8 rings (SSSR count). The van der Waals surface area contributed by atoms with Crippen LogP contribution in [0.25, 0.3) is 42.0 Å². The van der Waals surface area contributed by atoms with Crippen LogP contribution in [0.15, 0.2) is 69.5 Å². The van der Waals surface area contributed by atoms with Gasteiger partial charge in [0.2, 0.25) is 0 Å². The van der Waals surface area contributed by atoms with Gasteiger partial charge >= 0.3 is 0 Å². The summed E-state index contributed by atoms with van der Waals surface area (Å²) in [6.45, 7) is 24.0. The van der Waals surface area contributed by atoms with Gasteiger partial charge in [0.1, 0.15) is 23.0 Å². The third kappa shape index (κ3) is 20.8. The molecule has 4 aromatic heterocycles. The first-order chi connectivity index (χ1) is 44.7. The molecule has 0 N–H and O–H groups in total. The zero-order chi connectivity index (χ0) is 65.3. The average molecular weight is 1290 g/mol. The molecule has 6 aromatic rings. The second-order valence-electron chi connectivity index (χ2n) is 30.6. The van der Waals surface area contributed by atoms with Crippen molar-refractivity contribution in [3.8, 4) is 10.6 Å². The number of anilines is 2. The van der Waals surface area contributed by atoms with E-state index in [0.29, 0.717) is 47.6 Å². The number of thiophene rings is 2. The molecule has 2 atom stereocenters. The number of fused-ring (bicyclic) bond motifs is 6. The maximum absolute atomic E-state index is 16.0. The van der Waals surface area contributed by atoms with Gasteiger partial charge in [-0.25, -0.2) is 0 Å². The van der Waals surface area contributed by atoms with Crippen LogP contribution in [0.1, 0.15) is 348 Å². The van der Waals surface area contributed by atoms with Gasteiger partial charge in [-0.05, 0) is 79.3 Å². The van der Waals surface area contributed by atoms with E-state index in [4.69, 9.17) is 8.83 Å². The smallest absolute Gasteiger partial charge is 0.262 e. The van der Waals surface area contributed by atoms with Crippen LogP contribution in [0.5, 0.6) is 0 Å². The van der Waals surface area contributed by atoms with E-state index < -0.39 is 0 Å². The Labute approximate surface area is 567 Å². The van der Waals surface area contributed by atoms with Crippen molar-refractivity contribution in [1.29, 1.82) is 0 Å². The molecule has 8 heteroatoms. The van der Waals surface area contributed by atoms with Gasteiger partial charge in [0.15, 0.2) is 0 Å². The number of nitrogens with zero attached hydrogens (tertiary/aromatic N) is 2. The summed E-state index contributed by atoms with van der Waals surface area (Å²) in [5.41, 5.74) is 3.16. The molecular weight excluding hydrogens is 1170 g/mol. The van der Waals surface area contributed by atoms with Crippen molar-refractivity contribution in [2.75, 3.05) is 22.9 Å². The van der Waals surface area contributed by atoms with Gasteiger partial charge in [-0.1, -0.05) is 325 Å². The Kier molecular flexibility index (Phi) is 30.1. The summed E-state index contributed by atoms with van der Waals surface area (Å²) < 4.78 is 16.3. The lowest BCUT2D eigenvalue weighted by Crippen LogP contribution is -2.34. The van der Waals surface area contributed by atoms with Crippen molar-refractivity contribution in [2.45, 2.75) is 337 Å². The van der Waals surface area contributed by atoms with Crippen molar-refractivity contribution >= 4 is 77.2 Å². The molecular formula is C84H126N2O4S2. The highest BCUT2D eigenvalue weighted by Gasteiger charge is 2.39. The molecule has 2 aliphatic rings. The highest BCUT2D eigenvalue weighted by Crippen LogP contribution is 2.45. The van der Waals surface area contributed by atoms with E-state index in [0.717, 1.165) is 74.7 Å². The zero-order valence-electron chi connectivity index (χ0n) is 60.0. The Morgan fingerprint density at radius 1 is 0.370 bits per heavy atom. The van der Waals surface area contributed by atoms with Crippen molar-refractivity contribution in [3.63, 3.8) is 0 Å². The van der Waals surface area contributed by atoms with Gasteiger partial charge in [0.05, 0.1) is 27.4 Å². The van der Waals surface area contributed by atoms with Crippen molar-refractivity contribution < 1.29 is 18.4 Å². The quantitative estimate of drug-likeness (QED) is 0.0357. The second kappa shape index (κ2) is 37.8. The lowest BCUT2D eigenvalue weighted by Gasteiger charge is -2.28. The van der Waals surface area contributed by atoms with Gasteiger partial charge in [-0.3, -0.25) is 9.59 Å². The first kappa shape index (κ1) is 73.4. The van der Waals surface area contributed by atoms with E-state index in [9.17, 15) is 0 Å². The molecule has 6 nitrogen and oxygen atoms in total. The molecule has 6 heterocycles. The van der Waals surface area contributed by atoms with E-state index in [1.807, 2.05) is 17.4 Å². The molecule has 2 unspecified atom stereocenters. The number of unbranched alkanes of at least 4 members (excludes halogenated alkanes) is 32. The van der Waals surface area contributed by atoms with Crippen LogP contribution >= 0.6 is 22.7 Å². The largest absolute Gasteiger partial charge is 0.460 e. The number of benzene rings is 2. The predicted octanol–water partition coefficient (Wildman–Crippen LogP) is 25.6. The molecule has 92 heavy (non-hydrogen) atoms. The average Bonchev–Trinajstić information content (AvgIpc) is 1.55. The molecule has 2 aromatic carbocycles. The second-order valence-corrected chi connectivity index (χ2v) is 32.7. The van der Waals surface area contributed by atoms with Crippen molar-refractivity contribution in [3.05, 3.63) is 93.3 Å². The van der Waals surface area contributed by atoms with E-state index >= 15 is 9.59 Å². The molecule has 0 fully saturated rings. The summed E-state index contributed by atoms with van der Waals surface area (Å²) in [6.07, 6.45) is 51.6. The first-order valence-electron chi connectivity index (χ1n) is 38.4. The maximum Gasteiger partial charge on any atom is 0.262 e. The number of hydrogen-bond donors (Lipinski definition) is 0. The minimum absolute atomic E-state index is 0.0345. The molecule has 0 aliphatic carbocycles. The number of furan rings is 2. The molecule has 0 saturated heterocycles. The summed E-state index contributed by atoms with van der Waals surface area (Å²) in [5, 5.41) is 3.96. The van der Waals surface area contributed by atoms with Gasteiger partial charge in [0.25, 0.3) is 11.8 Å². The predicted molar refractivity (Wildman–Crippen MR) is 401 cm³/mol. The molecule has 0 spiro atoms. The van der Waals surface area contributed by atoms with Crippen LogP contribution in [0.2, 0.25) is 0 Å². The fourth-order valence-corrected chi connectivity index (χ4v) is 17.3. The lowest BCUT2D eigenvalue weighted by molar-refractivity contribution is -0.114. The molecule has 0 bridgehead atoms. The minimum Gasteiger partial charge on any atom is -0.460 e. The van der Waals surface area contributed by atoms with Gasteiger partial charge < -0.3 is 18.6 Å². The Bertz CT molecular complexity index is 3260. The summed E-state index contributed by atoms with van der Waals surface area (Å²) in [5.74, 6) is 3.79. The zero-order valence-corrected chi connectivity index (χ0v) is 61.6. The maximum atomic E-state index is 16.0. The Balaban J connectivity index is 1.17. The highest BCUT2D eigenvalue weighted by molar-refractivity contribution is 7.29. The summed E-state index contributed by atoms with van der Waals surface area (Å²) in [6, 6.07) is 21.8. The van der Waals surface area contributed by atoms with E-state index in [1.165, 1.54) is 245 Å². The highest BCUT2D eigenvalue weighted by atomic mass is 32.1. The molecule has 2 aliphatic heterocycles. The number of carbonyl (C=O) groups is 2. The van der Waals surface area contributed by atoms with Gasteiger partial charge in [-0.2, -0.15) is 0 Å². The summed E-state index contributed by atoms with van der Waals surface area (Å²) in [4.78, 5) is 38.6. The number of carbonyl (C=O) groups excluding carboxylic acids is 2. The Hall–Kier alpha value is -4.40. The van der Waals surface area contributed by atoms with Crippen molar-refractivity contribution in [2.24, 2.45) is 11.8 Å². The third-order valence-corrected chi connectivity index (χ3v) is 23.3. The molecule has 0 radical (unpaired) electrons. The van der Waals surface area contributed by atoms with Crippen LogP contribution in [-0.2, 0) is 20.4 Å². The summed E-state index contributed by atoms with van der Waals surface area (Å²) in [7, 11) is 0. The van der Waals surface area contributed by atoms with Crippen LogP contribution in [0.4, 0.5) is 11.4 Å². The fraction of sp³-hybridized carbons (Fsp3) is 0.667. The number of rotatable bonds is 47. The van der Waals surface area contributed by atoms with E-state index in [2.05, 4.69) is 134 Å². The SMILES string of the molecule is CCCCCCCCCCCCC(CCCCCCCCCC)CN1C(=O)C(c2ccc(-c3cc4sc(C(C)(C)C)cc4s3)o2)=c2ccc3c4c(ccc3c21)=C(c1ccc(C(C)(C)C)o1)C(=O)N4CC(CCCCCCCCCC)CCCCCCCCCCCC. The number of amides is 2. The Morgan fingerprint density at radius 2 is 0.707 bits per heavy atom. The van der Waals surface area contributed by atoms with Crippen LogP contribution in [0, 0.1) is 11.8 Å². The van der Waals surface area contributed by atoms with E-state index in [1.54, 1.807) is 11.3 Å². The Morgan fingerprint density at radius 3 is 1.05 bits per heavy atom. The van der Waals surface area contributed by atoms with Crippen molar-refractivity contribution in [1.82, 2.24) is 0 Å². The third-order valence-electron chi connectivity index (χ3n) is 20.5. The molecule has 2 amide bonds.